The van der Waals surface area contributed by atoms with Crippen LogP contribution in [0.3, 0.4) is 0 Å². The standard InChI is InChI=1S/C34H38ClN5O3/c1-34(22-36-2)11-9-29(23-3-5-26(35)6-4-23)25(19-34)21-39-13-15-40(16-14-39)27-7-8-30(33(41)42)31(18-27)43-28-17-24-10-12-37-32(24)38-20-28/h3-8,10,12,17-18,20,36H,9,11,13-16,19,21-22H2,1-2H3,(H,37,38)(H,41,42). The van der Waals surface area contributed by atoms with Crippen molar-refractivity contribution in [2.45, 2.75) is 26.2 Å². The Morgan fingerprint density at radius 2 is 1.91 bits per heavy atom. The zero-order valence-electron chi connectivity index (χ0n) is 24.7. The number of pyridine rings is 1. The molecule has 8 nitrogen and oxygen atoms in total. The fourth-order valence-corrected chi connectivity index (χ4v) is 6.67. The van der Waals surface area contributed by atoms with Crippen LogP contribution in [0.15, 0.2) is 72.6 Å². The Morgan fingerprint density at radius 1 is 1.12 bits per heavy atom. The Hall–Kier alpha value is -3.85. The monoisotopic (exact) mass is 599 g/mol. The van der Waals surface area contributed by atoms with Crippen LogP contribution in [-0.4, -0.2) is 72.3 Å². The molecule has 0 spiro atoms. The predicted molar refractivity (Wildman–Crippen MR) is 172 cm³/mol. The molecule has 0 saturated carbocycles. The van der Waals surface area contributed by atoms with Gasteiger partial charge in [-0.1, -0.05) is 36.2 Å². The van der Waals surface area contributed by atoms with E-state index in [0.717, 1.165) is 80.3 Å². The number of benzene rings is 2. The second-order valence-corrected chi connectivity index (χ2v) is 12.5. The molecule has 6 rings (SSSR count). The first kappa shape index (κ1) is 29.2. The maximum Gasteiger partial charge on any atom is 0.339 e. The van der Waals surface area contributed by atoms with E-state index in [1.54, 1.807) is 12.3 Å². The molecule has 2 aromatic heterocycles. The Bertz CT molecular complexity index is 1640. The molecule has 1 saturated heterocycles. The molecule has 9 heteroatoms. The van der Waals surface area contributed by atoms with Gasteiger partial charge in [0.25, 0.3) is 0 Å². The van der Waals surface area contributed by atoms with Crippen molar-refractivity contribution in [3.05, 3.63) is 88.7 Å². The SMILES string of the molecule is CNCC1(C)CCC(c2ccc(Cl)cc2)=C(CN2CCN(c3ccc(C(=O)O)c(Oc4cnc5[nH]ccc5c4)c3)CC2)C1. The van der Waals surface area contributed by atoms with Crippen LogP contribution in [-0.2, 0) is 0 Å². The fraction of sp³-hybridized carbons (Fsp3) is 0.353. The van der Waals surface area contributed by atoms with Crippen LogP contribution < -0.4 is 15.0 Å². The summed E-state index contributed by atoms with van der Waals surface area (Å²) >= 11 is 6.21. The van der Waals surface area contributed by atoms with Crippen molar-refractivity contribution in [2.24, 2.45) is 5.41 Å². The lowest BCUT2D eigenvalue weighted by Crippen LogP contribution is -2.47. The Morgan fingerprint density at radius 3 is 2.65 bits per heavy atom. The highest BCUT2D eigenvalue weighted by molar-refractivity contribution is 6.30. The lowest BCUT2D eigenvalue weighted by Gasteiger charge is -2.41. The van der Waals surface area contributed by atoms with E-state index in [9.17, 15) is 9.90 Å². The summed E-state index contributed by atoms with van der Waals surface area (Å²) in [6, 6.07) is 17.4. The topological polar surface area (TPSA) is 93.7 Å². The van der Waals surface area contributed by atoms with Crippen molar-refractivity contribution in [1.82, 2.24) is 20.2 Å². The van der Waals surface area contributed by atoms with Gasteiger partial charge in [-0.05, 0) is 79.3 Å². The normalized spacial score (nSPS) is 19.7. The molecule has 0 amide bonds. The average Bonchev–Trinajstić information content (AvgIpc) is 3.46. The Kier molecular flexibility index (Phi) is 8.43. The number of carboxylic acids is 1. The molecule has 2 aromatic carbocycles. The summed E-state index contributed by atoms with van der Waals surface area (Å²) in [6.07, 6.45) is 6.73. The third-order valence-electron chi connectivity index (χ3n) is 8.79. The summed E-state index contributed by atoms with van der Waals surface area (Å²) in [4.78, 5) is 24.3. The molecule has 3 heterocycles. The number of H-pyrrole nitrogens is 1. The number of nitrogens with zero attached hydrogens (tertiary/aromatic N) is 3. The third-order valence-corrected chi connectivity index (χ3v) is 9.04. The van der Waals surface area contributed by atoms with E-state index in [2.05, 4.69) is 44.1 Å². The summed E-state index contributed by atoms with van der Waals surface area (Å²) in [7, 11) is 2.04. The van der Waals surface area contributed by atoms with Gasteiger partial charge >= 0.3 is 5.97 Å². The predicted octanol–water partition coefficient (Wildman–Crippen LogP) is 6.69. The number of anilines is 1. The van der Waals surface area contributed by atoms with Crippen LogP contribution in [0.4, 0.5) is 5.69 Å². The van der Waals surface area contributed by atoms with Gasteiger partial charge in [-0.3, -0.25) is 4.90 Å². The van der Waals surface area contributed by atoms with Crippen molar-refractivity contribution >= 4 is 39.9 Å². The third kappa shape index (κ3) is 6.56. The molecule has 1 aliphatic carbocycles. The quantitative estimate of drug-likeness (QED) is 0.197. The van der Waals surface area contributed by atoms with Gasteiger partial charge in [0, 0.05) is 67.6 Å². The van der Waals surface area contributed by atoms with Crippen molar-refractivity contribution in [1.29, 1.82) is 0 Å². The number of aromatic nitrogens is 2. The molecular weight excluding hydrogens is 562 g/mol. The van der Waals surface area contributed by atoms with E-state index < -0.39 is 5.97 Å². The first-order chi connectivity index (χ1) is 20.8. The van der Waals surface area contributed by atoms with E-state index in [4.69, 9.17) is 16.3 Å². The highest BCUT2D eigenvalue weighted by Gasteiger charge is 2.32. The number of aromatic amines is 1. The number of carbonyl (C=O) groups is 1. The second kappa shape index (κ2) is 12.4. The highest BCUT2D eigenvalue weighted by Crippen LogP contribution is 2.43. The van der Waals surface area contributed by atoms with Gasteiger partial charge in [-0.25, -0.2) is 9.78 Å². The highest BCUT2D eigenvalue weighted by atomic mass is 35.5. The molecule has 0 bridgehead atoms. The Labute approximate surface area is 257 Å². The molecule has 4 aromatic rings. The summed E-state index contributed by atoms with van der Waals surface area (Å²) in [5, 5.41) is 14.9. The van der Waals surface area contributed by atoms with E-state index in [0.29, 0.717) is 11.5 Å². The molecule has 0 radical (unpaired) electrons. The van der Waals surface area contributed by atoms with Gasteiger partial charge in [0.15, 0.2) is 0 Å². The molecule has 1 aliphatic heterocycles. The number of hydrogen-bond acceptors (Lipinski definition) is 6. The molecule has 43 heavy (non-hydrogen) atoms. The van der Waals surface area contributed by atoms with Crippen LogP contribution in [0, 0.1) is 5.41 Å². The molecule has 224 valence electrons. The maximum absolute atomic E-state index is 12.0. The molecular formula is C34H38ClN5O3. The minimum Gasteiger partial charge on any atom is -0.478 e. The summed E-state index contributed by atoms with van der Waals surface area (Å²) < 4.78 is 6.09. The van der Waals surface area contributed by atoms with Crippen LogP contribution >= 0.6 is 11.6 Å². The van der Waals surface area contributed by atoms with E-state index in [-0.39, 0.29) is 11.0 Å². The van der Waals surface area contributed by atoms with Crippen molar-refractivity contribution in [2.75, 3.05) is 51.2 Å². The number of allylic oxidation sites excluding steroid dienone is 1. The number of rotatable bonds is 9. The number of piperazine rings is 1. The number of nitrogens with one attached hydrogen (secondary N) is 2. The summed E-state index contributed by atoms with van der Waals surface area (Å²) in [5.41, 5.74) is 6.34. The van der Waals surface area contributed by atoms with E-state index in [1.165, 1.54) is 16.7 Å². The van der Waals surface area contributed by atoms with Crippen LogP contribution in [0.25, 0.3) is 16.6 Å². The van der Waals surface area contributed by atoms with Gasteiger partial charge in [0.1, 0.15) is 22.7 Å². The first-order valence-corrected chi connectivity index (χ1v) is 15.3. The average molecular weight is 600 g/mol. The van der Waals surface area contributed by atoms with Gasteiger partial charge in [-0.2, -0.15) is 0 Å². The number of hydrogen-bond donors (Lipinski definition) is 3. The van der Waals surface area contributed by atoms with Crippen LogP contribution in [0.2, 0.25) is 5.02 Å². The number of aromatic carboxylic acids is 1. The molecule has 1 fully saturated rings. The van der Waals surface area contributed by atoms with Gasteiger partial charge in [0.2, 0.25) is 0 Å². The van der Waals surface area contributed by atoms with E-state index in [1.807, 2.05) is 49.6 Å². The molecule has 1 unspecified atom stereocenters. The minimum atomic E-state index is -1.02. The summed E-state index contributed by atoms with van der Waals surface area (Å²) in [5.74, 6) is -0.212. The largest absolute Gasteiger partial charge is 0.478 e. The summed E-state index contributed by atoms with van der Waals surface area (Å²) in [6.45, 7) is 7.89. The zero-order chi connectivity index (χ0) is 30.0. The fourth-order valence-electron chi connectivity index (χ4n) is 6.55. The molecule has 1 atom stereocenters. The first-order valence-electron chi connectivity index (χ1n) is 14.9. The maximum atomic E-state index is 12.0. The van der Waals surface area contributed by atoms with Crippen LogP contribution in [0.5, 0.6) is 11.5 Å². The second-order valence-electron chi connectivity index (χ2n) is 12.0. The molecule has 3 N–H and O–H groups in total. The smallest absolute Gasteiger partial charge is 0.339 e. The van der Waals surface area contributed by atoms with Gasteiger partial charge in [-0.15, -0.1) is 0 Å². The van der Waals surface area contributed by atoms with Crippen LogP contribution in [0.1, 0.15) is 42.1 Å². The van der Waals surface area contributed by atoms with Gasteiger partial charge in [0.05, 0.1) is 6.20 Å². The van der Waals surface area contributed by atoms with Gasteiger partial charge < -0.3 is 25.0 Å². The lowest BCUT2D eigenvalue weighted by molar-refractivity contribution is 0.0694. The van der Waals surface area contributed by atoms with E-state index >= 15 is 0 Å². The number of carboxylic acid groups (broad SMARTS) is 1. The number of halogens is 1. The number of fused-ring (bicyclic) bond motifs is 1. The minimum absolute atomic E-state index is 0.125. The molecule has 2 aliphatic rings. The van der Waals surface area contributed by atoms with Crippen molar-refractivity contribution in [3.8, 4) is 11.5 Å². The lowest BCUT2D eigenvalue weighted by atomic mass is 9.71. The van der Waals surface area contributed by atoms with Crippen molar-refractivity contribution in [3.63, 3.8) is 0 Å². The van der Waals surface area contributed by atoms with Crippen molar-refractivity contribution < 1.29 is 14.6 Å². The Balaban J connectivity index is 1.17. The number of ether oxygens (including phenoxy) is 1. The zero-order valence-corrected chi connectivity index (χ0v) is 25.5.